The third-order valence-corrected chi connectivity index (χ3v) is 1.95. The van der Waals surface area contributed by atoms with Gasteiger partial charge in [0.15, 0.2) is 6.04 Å². The number of carboxylic acids is 1. The Kier molecular flexibility index (Phi) is 2.99. The van der Waals surface area contributed by atoms with E-state index >= 15 is 0 Å². The fourth-order valence-electron chi connectivity index (χ4n) is 1.02. The Balaban J connectivity index is 3.05. The molecule has 82 valence electrons. The summed E-state index contributed by atoms with van der Waals surface area (Å²) < 4.78 is 39.1. The van der Waals surface area contributed by atoms with Gasteiger partial charge in [0.2, 0.25) is 0 Å². The Morgan fingerprint density at radius 2 is 1.80 bits per heavy atom. The Morgan fingerprint density at radius 3 is 2.20 bits per heavy atom. The van der Waals surface area contributed by atoms with Gasteiger partial charge in [0.25, 0.3) is 0 Å². The van der Waals surface area contributed by atoms with Crippen LogP contribution in [0.25, 0.3) is 0 Å². The van der Waals surface area contributed by atoms with Crippen molar-refractivity contribution in [2.75, 3.05) is 0 Å². The van der Waals surface area contributed by atoms with E-state index < -0.39 is 29.3 Å². The highest BCUT2D eigenvalue weighted by Gasteiger charge is 2.43. The first-order valence-corrected chi connectivity index (χ1v) is 4.03. The van der Waals surface area contributed by atoms with Crippen molar-refractivity contribution in [3.8, 4) is 0 Å². The zero-order valence-electron chi connectivity index (χ0n) is 7.54. The molecule has 1 aromatic carbocycles. The van der Waals surface area contributed by atoms with Crippen LogP contribution in [0.3, 0.4) is 0 Å². The molecule has 1 rings (SSSR count). The molecule has 6 heteroatoms. The Labute approximate surface area is 83.3 Å². The van der Waals surface area contributed by atoms with E-state index in [0.29, 0.717) is 0 Å². The number of carboxylic acid groups (broad SMARTS) is 1. The van der Waals surface area contributed by atoms with Gasteiger partial charge in [-0.15, -0.1) is 0 Å². The maximum atomic E-state index is 13.3. The molecule has 1 atom stereocenters. The standard InChI is InChI=1S/C9H8F3NO2/c10-6-3-1-5(2-4-6)9(11,12)7(13)8(14)15/h1-4,7H,13H2,(H,14,15)/t7-/m0/s1. The third kappa shape index (κ3) is 2.27. The van der Waals surface area contributed by atoms with Crippen molar-refractivity contribution in [1.29, 1.82) is 0 Å². The molecule has 0 aromatic heterocycles. The van der Waals surface area contributed by atoms with Crippen molar-refractivity contribution in [3.63, 3.8) is 0 Å². The van der Waals surface area contributed by atoms with Crippen molar-refractivity contribution in [2.45, 2.75) is 12.0 Å². The minimum absolute atomic E-state index is 0.604. The van der Waals surface area contributed by atoms with E-state index in [1.165, 1.54) is 0 Å². The highest BCUT2D eigenvalue weighted by molar-refractivity contribution is 5.71. The molecule has 0 aliphatic heterocycles. The first-order chi connectivity index (χ1) is 6.85. The van der Waals surface area contributed by atoms with Crippen LogP contribution < -0.4 is 10.8 Å². The van der Waals surface area contributed by atoms with Gasteiger partial charge >= 0.3 is 5.92 Å². The number of benzene rings is 1. The summed E-state index contributed by atoms with van der Waals surface area (Å²) >= 11 is 0. The summed E-state index contributed by atoms with van der Waals surface area (Å²) in [6, 6.07) is 1.08. The zero-order chi connectivity index (χ0) is 11.6. The minimum atomic E-state index is -3.67. The number of halogens is 3. The molecule has 0 aliphatic rings. The smallest absolute Gasteiger partial charge is 0.328 e. The Morgan fingerprint density at radius 1 is 1.33 bits per heavy atom. The maximum Gasteiger partial charge on any atom is 0.328 e. The van der Waals surface area contributed by atoms with E-state index in [1.54, 1.807) is 0 Å². The topological polar surface area (TPSA) is 67.8 Å². The summed E-state index contributed by atoms with van der Waals surface area (Å²) in [6.45, 7) is 0. The third-order valence-electron chi connectivity index (χ3n) is 1.95. The van der Waals surface area contributed by atoms with Crippen LogP contribution in [0.4, 0.5) is 13.2 Å². The molecular formula is C9H8F3NO2. The van der Waals surface area contributed by atoms with Gasteiger partial charge in [-0.1, -0.05) is 0 Å². The molecule has 0 radical (unpaired) electrons. The summed E-state index contributed by atoms with van der Waals surface area (Å²) in [6.07, 6.45) is 0. The van der Waals surface area contributed by atoms with Gasteiger partial charge in [-0.25, -0.2) is 4.39 Å². The van der Waals surface area contributed by atoms with Gasteiger partial charge in [0, 0.05) is 5.56 Å². The van der Waals surface area contributed by atoms with Crippen LogP contribution in [0.5, 0.6) is 0 Å². The Bertz CT molecular complexity index is 364. The highest BCUT2D eigenvalue weighted by Crippen LogP contribution is 2.29. The molecular weight excluding hydrogens is 211 g/mol. The number of hydrogen-bond donors (Lipinski definition) is 1. The molecule has 1 aromatic rings. The summed E-state index contributed by atoms with van der Waals surface area (Å²) in [5.41, 5.74) is 2.20. The average Bonchev–Trinajstić information content (AvgIpc) is 2.17. The number of hydrogen-bond acceptors (Lipinski definition) is 2. The van der Waals surface area contributed by atoms with Crippen molar-refractivity contribution in [3.05, 3.63) is 35.6 Å². The van der Waals surface area contributed by atoms with E-state index in [0.717, 1.165) is 24.3 Å². The molecule has 0 spiro atoms. The van der Waals surface area contributed by atoms with Gasteiger partial charge in [-0.05, 0) is 24.3 Å². The summed E-state index contributed by atoms with van der Waals surface area (Å²) in [5, 5.41) is 10.3. The van der Waals surface area contributed by atoms with Crippen LogP contribution in [0.1, 0.15) is 5.56 Å². The lowest BCUT2D eigenvalue weighted by Gasteiger charge is -2.21. The second kappa shape index (κ2) is 3.90. The van der Waals surface area contributed by atoms with Crippen molar-refractivity contribution in [1.82, 2.24) is 0 Å². The molecule has 0 saturated carbocycles. The fraction of sp³-hybridized carbons (Fsp3) is 0.222. The fourth-order valence-corrected chi connectivity index (χ4v) is 1.02. The minimum Gasteiger partial charge on any atom is -0.544 e. The van der Waals surface area contributed by atoms with Gasteiger partial charge in [-0.3, -0.25) is 0 Å². The van der Waals surface area contributed by atoms with Crippen molar-refractivity contribution in [2.24, 2.45) is 0 Å². The predicted molar refractivity (Wildman–Crippen MR) is 42.0 cm³/mol. The molecule has 0 saturated heterocycles. The first kappa shape index (κ1) is 11.5. The lowest BCUT2D eigenvalue weighted by Crippen LogP contribution is -2.74. The van der Waals surface area contributed by atoms with E-state index in [2.05, 4.69) is 5.73 Å². The molecule has 0 heterocycles. The SMILES string of the molecule is [NH3+][C@@H](C(=O)[O-])C(F)(F)c1ccc(F)cc1. The van der Waals surface area contributed by atoms with Crippen molar-refractivity contribution < 1.29 is 28.8 Å². The molecule has 0 aliphatic carbocycles. The lowest BCUT2D eigenvalue weighted by molar-refractivity contribution is -0.474. The monoisotopic (exact) mass is 219 g/mol. The van der Waals surface area contributed by atoms with Gasteiger partial charge < -0.3 is 15.6 Å². The number of rotatable bonds is 3. The summed E-state index contributed by atoms with van der Waals surface area (Å²) in [5.74, 6) is -6.31. The number of carbonyl (C=O) groups excluding carboxylic acids is 1. The number of quaternary nitrogens is 1. The zero-order valence-corrected chi connectivity index (χ0v) is 7.54. The first-order valence-electron chi connectivity index (χ1n) is 4.03. The molecule has 3 nitrogen and oxygen atoms in total. The summed E-state index contributed by atoms with van der Waals surface area (Å²) in [4.78, 5) is 10.3. The van der Waals surface area contributed by atoms with Crippen LogP contribution in [0, 0.1) is 5.82 Å². The number of aliphatic carboxylic acids is 1. The normalized spacial score (nSPS) is 13.6. The molecule has 0 amide bonds. The predicted octanol–water partition coefficient (Wildman–Crippen LogP) is -0.722. The van der Waals surface area contributed by atoms with Gasteiger partial charge in [0.1, 0.15) is 11.8 Å². The van der Waals surface area contributed by atoms with Crippen LogP contribution in [0.15, 0.2) is 24.3 Å². The second-order valence-corrected chi connectivity index (χ2v) is 3.00. The molecule has 0 fully saturated rings. The van der Waals surface area contributed by atoms with Gasteiger partial charge in [-0.2, -0.15) is 8.78 Å². The molecule has 15 heavy (non-hydrogen) atoms. The summed E-state index contributed by atoms with van der Waals surface area (Å²) in [7, 11) is 0. The number of carbonyl (C=O) groups is 1. The van der Waals surface area contributed by atoms with Crippen LogP contribution in [0.2, 0.25) is 0 Å². The van der Waals surface area contributed by atoms with Crippen LogP contribution in [-0.2, 0) is 10.7 Å². The molecule has 0 unspecified atom stereocenters. The van der Waals surface area contributed by atoms with Crippen LogP contribution >= 0.6 is 0 Å². The average molecular weight is 219 g/mol. The Hall–Kier alpha value is -1.56. The van der Waals surface area contributed by atoms with E-state index in [-0.39, 0.29) is 0 Å². The molecule has 0 bridgehead atoms. The maximum absolute atomic E-state index is 13.3. The largest absolute Gasteiger partial charge is 0.544 e. The van der Waals surface area contributed by atoms with E-state index in [9.17, 15) is 23.1 Å². The lowest BCUT2D eigenvalue weighted by atomic mass is 10.0. The van der Waals surface area contributed by atoms with E-state index in [1.807, 2.05) is 0 Å². The highest BCUT2D eigenvalue weighted by atomic mass is 19.3. The second-order valence-electron chi connectivity index (χ2n) is 3.00. The van der Waals surface area contributed by atoms with Gasteiger partial charge in [0.05, 0.1) is 0 Å². The van der Waals surface area contributed by atoms with Crippen molar-refractivity contribution >= 4 is 5.97 Å². The van der Waals surface area contributed by atoms with E-state index in [4.69, 9.17) is 0 Å². The van der Waals surface area contributed by atoms with Crippen LogP contribution in [-0.4, -0.2) is 12.0 Å². The number of alkyl halides is 2. The quantitative estimate of drug-likeness (QED) is 0.728. The molecule has 3 N–H and O–H groups in total.